The first kappa shape index (κ1) is 21.7. The van der Waals surface area contributed by atoms with E-state index in [0.717, 1.165) is 44.0 Å². The van der Waals surface area contributed by atoms with Crippen LogP contribution in [0.25, 0.3) is 0 Å². The Morgan fingerprint density at radius 3 is 2.33 bits per heavy atom. The molecule has 0 saturated carbocycles. The van der Waals surface area contributed by atoms with Gasteiger partial charge in [0.2, 0.25) is 15.9 Å². The van der Waals surface area contributed by atoms with E-state index in [0.29, 0.717) is 13.0 Å². The monoisotopic (exact) mass is 396 g/mol. The van der Waals surface area contributed by atoms with Crippen molar-refractivity contribution in [3.05, 3.63) is 24.3 Å². The van der Waals surface area contributed by atoms with Crippen LogP contribution in [-0.4, -0.2) is 71.3 Å². The Hall–Kier alpha value is -1.64. The highest BCUT2D eigenvalue weighted by molar-refractivity contribution is 7.89. The summed E-state index contributed by atoms with van der Waals surface area (Å²) < 4.78 is 26.4. The van der Waals surface area contributed by atoms with Gasteiger partial charge < -0.3 is 14.7 Å². The van der Waals surface area contributed by atoms with Crippen LogP contribution < -0.4 is 14.5 Å². The number of piperazine rings is 1. The van der Waals surface area contributed by atoms with Crippen molar-refractivity contribution in [3.63, 3.8) is 0 Å². The van der Waals surface area contributed by atoms with Gasteiger partial charge in [-0.15, -0.1) is 0 Å². The first-order chi connectivity index (χ1) is 12.8. The Kier molecular flexibility index (Phi) is 8.07. The van der Waals surface area contributed by atoms with Gasteiger partial charge in [0.15, 0.2) is 0 Å². The van der Waals surface area contributed by atoms with Crippen molar-refractivity contribution in [1.29, 1.82) is 0 Å². The second kappa shape index (κ2) is 10.1. The number of sulfonamides is 1. The lowest BCUT2D eigenvalue weighted by atomic mass is 10.2. The smallest absolute Gasteiger partial charge is 0.223 e. The van der Waals surface area contributed by atoms with Crippen LogP contribution >= 0.6 is 0 Å². The molecule has 1 saturated heterocycles. The van der Waals surface area contributed by atoms with Crippen molar-refractivity contribution in [3.8, 4) is 0 Å². The maximum Gasteiger partial charge on any atom is 0.223 e. The SMILES string of the molecule is CCCCS(=O)(=O)NCCN(C(C)=O)c1ccc(N2CCN(C)CC2)cc1. The van der Waals surface area contributed by atoms with Crippen LogP contribution in [0.1, 0.15) is 26.7 Å². The van der Waals surface area contributed by atoms with Gasteiger partial charge in [0.25, 0.3) is 0 Å². The molecule has 0 aromatic heterocycles. The normalized spacial score (nSPS) is 15.7. The number of rotatable bonds is 9. The average molecular weight is 397 g/mol. The summed E-state index contributed by atoms with van der Waals surface area (Å²) in [7, 11) is -1.14. The molecule has 27 heavy (non-hydrogen) atoms. The summed E-state index contributed by atoms with van der Waals surface area (Å²) in [5, 5.41) is 0. The second-order valence-electron chi connectivity index (χ2n) is 7.04. The molecule has 1 aliphatic heterocycles. The van der Waals surface area contributed by atoms with E-state index in [2.05, 4.69) is 21.6 Å². The summed E-state index contributed by atoms with van der Waals surface area (Å²) in [5.41, 5.74) is 1.93. The Morgan fingerprint density at radius 1 is 1.15 bits per heavy atom. The number of carbonyl (C=O) groups excluding carboxylic acids is 1. The number of amides is 1. The summed E-state index contributed by atoms with van der Waals surface area (Å²) in [6, 6.07) is 7.92. The number of nitrogens with one attached hydrogen (secondary N) is 1. The van der Waals surface area contributed by atoms with Gasteiger partial charge in [0.1, 0.15) is 0 Å². The molecule has 1 aliphatic rings. The third-order valence-corrected chi connectivity index (χ3v) is 6.30. The molecular formula is C19H32N4O3S. The van der Waals surface area contributed by atoms with Crippen molar-refractivity contribution >= 4 is 27.3 Å². The van der Waals surface area contributed by atoms with Crippen LogP contribution in [0, 0.1) is 0 Å². The topological polar surface area (TPSA) is 73.0 Å². The molecule has 1 N–H and O–H groups in total. The third kappa shape index (κ3) is 6.79. The first-order valence-electron chi connectivity index (χ1n) is 9.61. The van der Waals surface area contributed by atoms with Crippen LogP contribution in [0.15, 0.2) is 24.3 Å². The zero-order chi connectivity index (χ0) is 19.9. The molecule has 0 atom stereocenters. The molecule has 1 fully saturated rings. The molecular weight excluding hydrogens is 364 g/mol. The van der Waals surface area contributed by atoms with Crippen LogP contribution in [0.2, 0.25) is 0 Å². The van der Waals surface area contributed by atoms with Crippen molar-refractivity contribution in [2.75, 3.05) is 61.9 Å². The van der Waals surface area contributed by atoms with E-state index in [-0.39, 0.29) is 18.2 Å². The number of nitrogens with zero attached hydrogens (tertiary/aromatic N) is 3. The molecule has 0 unspecified atom stereocenters. The minimum Gasteiger partial charge on any atom is -0.369 e. The molecule has 1 amide bonds. The lowest BCUT2D eigenvalue weighted by molar-refractivity contribution is -0.116. The van der Waals surface area contributed by atoms with Gasteiger partial charge in [-0.3, -0.25) is 4.79 Å². The van der Waals surface area contributed by atoms with Gasteiger partial charge in [-0.05, 0) is 37.7 Å². The number of carbonyl (C=O) groups is 1. The quantitative estimate of drug-likeness (QED) is 0.685. The first-order valence-corrected chi connectivity index (χ1v) is 11.3. The zero-order valence-electron chi connectivity index (χ0n) is 16.6. The van der Waals surface area contributed by atoms with Gasteiger partial charge in [-0.1, -0.05) is 13.3 Å². The predicted octanol–water partition coefficient (Wildman–Crippen LogP) is 1.51. The van der Waals surface area contributed by atoms with Crippen LogP contribution in [0.3, 0.4) is 0 Å². The van der Waals surface area contributed by atoms with Crippen molar-refractivity contribution in [2.24, 2.45) is 0 Å². The fourth-order valence-electron chi connectivity index (χ4n) is 3.10. The Morgan fingerprint density at radius 2 is 1.78 bits per heavy atom. The summed E-state index contributed by atoms with van der Waals surface area (Å²) in [6.45, 7) is 8.05. The van der Waals surface area contributed by atoms with Gasteiger partial charge in [0, 0.05) is 57.6 Å². The zero-order valence-corrected chi connectivity index (χ0v) is 17.5. The molecule has 7 nitrogen and oxygen atoms in total. The molecule has 0 radical (unpaired) electrons. The molecule has 8 heteroatoms. The van der Waals surface area contributed by atoms with E-state index >= 15 is 0 Å². The number of hydrogen-bond donors (Lipinski definition) is 1. The molecule has 0 spiro atoms. The predicted molar refractivity (Wildman–Crippen MR) is 111 cm³/mol. The van der Waals surface area contributed by atoms with E-state index in [9.17, 15) is 13.2 Å². The Balaban J connectivity index is 1.95. The van der Waals surface area contributed by atoms with Crippen molar-refractivity contribution in [2.45, 2.75) is 26.7 Å². The minimum atomic E-state index is -3.27. The lowest BCUT2D eigenvalue weighted by Crippen LogP contribution is -2.44. The minimum absolute atomic E-state index is 0.102. The van der Waals surface area contributed by atoms with Gasteiger partial charge in [-0.25, -0.2) is 13.1 Å². The van der Waals surface area contributed by atoms with E-state index in [1.807, 2.05) is 31.2 Å². The fraction of sp³-hybridized carbons (Fsp3) is 0.632. The summed E-state index contributed by atoms with van der Waals surface area (Å²) >= 11 is 0. The number of hydrogen-bond acceptors (Lipinski definition) is 5. The summed E-state index contributed by atoms with van der Waals surface area (Å²) in [4.78, 5) is 18.3. The highest BCUT2D eigenvalue weighted by atomic mass is 32.2. The molecule has 1 heterocycles. The van der Waals surface area contributed by atoms with E-state index in [4.69, 9.17) is 0 Å². The third-order valence-electron chi connectivity index (χ3n) is 4.83. The van der Waals surface area contributed by atoms with Crippen LogP contribution in [-0.2, 0) is 14.8 Å². The molecule has 0 bridgehead atoms. The Bertz CT molecular complexity index is 698. The summed E-state index contributed by atoms with van der Waals surface area (Å²) in [5.74, 6) is 0.0265. The van der Waals surface area contributed by atoms with E-state index in [1.165, 1.54) is 6.92 Å². The fourth-order valence-corrected chi connectivity index (χ4v) is 4.31. The molecule has 152 valence electrons. The Labute approximate surface area is 163 Å². The molecule has 1 aromatic carbocycles. The van der Waals surface area contributed by atoms with Crippen molar-refractivity contribution in [1.82, 2.24) is 9.62 Å². The summed E-state index contributed by atoms with van der Waals surface area (Å²) in [6.07, 6.45) is 1.47. The number of benzene rings is 1. The molecule has 2 rings (SSSR count). The van der Waals surface area contributed by atoms with E-state index in [1.54, 1.807) is 4.90 Å². The number of unbranched alkanes of at least 4 members (excludes halogenated alkanes) is 1. The molecule has 1 aromatic rings. The highest BCUT2D eigenvalue weighted by Crippen LogP contribution is 2.22. The van der Waals surface area contributed by atoms with Crippen molar-refractivity contribution < 1.29 is 13.2 Å². The average Bonchev–Trinajstić information content (AvgIpc) is 2.64. The maximum absolute atomic E-state index is 12.0. The highest BCUT2D eigenvalue weighted by Gasteiger charge is 2.17. The second-order valence-corrected chi connectivity index (χ2v) is 8.97. The number of likely N-dealkylation sites (N-methyl/N-ethyl adjacent to an activating group) is 1. The number of anilines is 2. The van der Waals surface area contributed by atoms with E-state index < -0.39 is 10.0 Å². The molecule has 0 aliphatic carbocycles. The van der Waals surface area contributed by atoms with Crippen LogP contribution in [0.5, 0.6) is 0 Å². The van der Waals surface area contributed by atoms with Crippen LogP contribution in [0.4, 0.5) is 11.4 Å². The maximum atomic E-state index is 12.0. The van der Waals surface area contributed by atoms with Gasteiger partial charge in [-0.2, -0.15) is 0 Å². The van der Waals surface area contributed by atoms with Gasteiger partial charge >= 0.3 is 0 Å². The van der Waals surface area contributed by atoms with Gasteiger partial charge in [0.05, 0.1) is 5.75 Å². The standard InChI is InChI=1S/C19H32N4O3S/c1-4-5-16-27(25,26)20-10-11-23(17(2)24)19-8-6-18(7-9-19)22-14-12-21(3)13-15-22/h6-9,20H,4-5,10-16H2,1-3H3. The lowest BCUT2D eigenvalue weighted by Gasteiger charge is -2.34. The largest absolute Gasteiger partial charge is 0.369 e.